The lowest BCUT2D eigenvalue weighted by Crippen LogP contribution is -2.59. The average Bonchev–Trinajstić information content (AvgIpc) is 2.85. The molecule has 2 amide bonds. The number of carbonyl (C=O) groups is 2. The largest absolute Gasteiger partial charge is 0.475 e. The van der Waals surface area contributed by atoms with Gasteiger partial charge in [0.2, 0.25) is 11.8 Å². The van der Waals surface area contributed by atoms with Crippen LogP contribution in [0.5, 0.6) is 5.88 Å². The predicted molar refractivity (Wildman–Crippen MR) is 134 cm³/mol. The van der Waals surface area contributed by atoms with Crippen LogP contribution >= 0.6 is 27.5 Å². The van der Waals surface area contributed by atoms with E-state index in [9.17, 15) is 14.7 Å². The fraction of sp³-hybridized carbons (Fsp3) is 0.522. The van der Waals surface area contributed by atoms with E-state index in [1.165, 1.54) is 11.3 Å². The molecule has 2 aromatic rings. The minimum atomic E-state index is -1.03. The van der Waals surface area contributed by atoms with Crippen molar-refractivity contribution in [3.8, 4) is 5.88 Å². The van der Waals surface area contributed by atoms with Crippen LogP contribution in [0.15, 0.2) is 10.5 Å². The minimum absolute atomic E-state index is 0.0646. The van der Waals surface area contributed by atoms with Crippen LogP contribution in [0.4, 0.5) is 20.6 Å². The van der Waals surface area contributed by atoms with E-state index < -0.39 is 17.4 Å². The number of hydrogen-bond donors (Lipinski definition) is 3. The number of benzene rings is 1. The lowest BCUT2D eigenvalue weighted by Gasteiger charge is -2.44. The molecule has 0 bridgehead atoms. The third kappa shape index (κ3) is 4.49. The van der Waals surface area contributed by atoms with Crippen molar-refractivity contribution in [2.75, 3.05) is 50.0 Å². The Labute approximate surface area is 215 Å². The fourth-order valence-electron chi connectivity index (χ4n) is 5.05. The van der Waals surface area contributed by atoms with Gasteiger partial charge in [0.05, 0.1) is 15.2 Å². The van der Waals surface area contributed by atoms with Crippen LogP contribution in [0, 0.1) is 5.82 Å². The molecule has 12 heteroatoms. The number of halogens is 3. The highest BCUT2D eigenvalue weighted by atomic mass is 79.9. The summed E-state index contributed by atoms with van der Waals surface area (Å²) in [5, 5.41) is 16.1. The van der Waals surface area contributed by atoms with Crippen molar-refractivity contribution < 1.29 is 23.8 Å². The van der Waals surface area contributed by atoms with Crippen molar-refractivity contribution in [1.82, 2.24) is 14.8 Å². The van der Waals surface area contributed by atoms with Crippen LogP contribution in [-0.4, -0.2) is 76.8 Å². The van der Waals surface area contributed by atoms with E-state index in [4.69, 9.17) is 16.3 Å². The average molecular weight is 571 g/mol. The van der Waals surface area contributed by atoms with Crippen molar-refractivity contribution in [3.63, 3.8) is 0 Å². The molecular weight excluding hydrogens is 545 g/mol. The number of anilines is 2. The molecule has 4 heterocycles. The van der Waals surface area contributed by atoms with Crippen molar-refractivity contribution in [2.24, 2.45) is 0 Å². The van der Waals surface area contributed by atoms with E-state index in [2.05, 4.69) is 36.4 Å². The number of piperidine rings is 2. The van der Waals surface area contributed by atoms with E-state index in [1.807, 2.05) is 0 Å². The second kappa shape index (κ2) is 9.59. The number of nitrogens with zero attached hydrogens (tertiary/aromatic N) is 3. The Balaban J connectivity index is 1.51. The molecule has 2 saturated heterocycles. The summed E-state index contributed by atoms with van der Waals surface area (Å²) in [5.41, 5.74) is -0.159. The molecule has 1 aromatic carbocycles. The molecule has 3 N–H and O–H groups in total. The number of likely N-dealkylation sites (tertiary alicyclic amines) is 2. The maximum Gasteiger partial charge on any atom is 0.407 e. The zero-order valence-corrected chi connectivity index (χ0v) is 21.3. The second-order valence-corrected chi connectivity index (χ2v) is 10.4. The standard InChI is InChI=1S/C23H26BrClFN5O4/c24-15-14(25)12-13-17(16(15)26)27-20(35-11-10-30-6-2-1-3-7-30)19-18(13)29-23(21(32)28-19)4-8-31(9-5-23)22(33)34/h12,29H,1-11H2,(H,28,32)(H,33,34). The molecule has 0 unspecified atom stereocenters. The first-order chi connectivity index (χ1) is 16.8. The van der Waals surface area contributed by atoms with Crippen LogP contribution in [0.2, 0.25) is 5.02 Å². The molecule has 0 atom stereocenters. The van der Waals surface area contributed by atoms with Gasteiger partial charge in [-0.2, -0.15) is 0 Å². The first-order valence-corrected chi connectivity index (χ1v) is 12.9. The summed E-state index contributed by atoms with van der Waals surface area (Å²) in [5.74, 6) is -0.776. The van der Waals surface area contributed by atoms with Crippen molar-refractivity contribution in [1.29, 1.82) is 0 Å². The number of carboxylic acid groups (broad SMARTS) is 1. The maximum atomic E-state index is 15.2. The van der Waals surface area contributed by atoms with E-state index in [0.29, 0.717) is 29.9 Å². The molecule has 2 fully saturated rings. The van der Waals surface area contributed by atoms with Gasteiger partial charge in [-0.25, -0.2) is 14.2 Å². The van der Waals surface area contributed by atoms with E-state index in [-0.39, 0.29) is 52.7 Å². The summed E-state index contributed by atoms with van der Waals surface area (Å²) in [6, 6.07) is 1.60. The number of nitrogens with one attached hydrogen (secondary N) is 2. The van der Waals surface area contributed by atoms with Gasteiger partial charge in [0, 0.05) is 25.0 Å². The monoisotopic (exact) mass is 569 g/mol. The summed E-state index contributed by atoms with van der Waals surface area (Å²) >= 11 is 9.45. The lowest BCUT2D eigenvalue weighted by atomic mass is 9.84. The molecule has 1 spiro atoms. The number of aromatic nitrogens is 1. The van der Waals surface area contributed by atoms with Gasteiger partial charge < -0.3 is 25.4 Å². The van der Waals surface area contributed by atoms with Gasteiger partial charge in [-0.3, -0.25) is 9.69 Å². The highest BCUT2D eigenvalue weighted by molar-refractivity contribution is 9.10. The SMILES string of the molecule is O=C(O)N1CCC2(CC1)Nc1c(c(OCCN3CCCCC3)nc3c(F)c(Br)c(Cl)cc13)NC2=O. The number of amides is 2. The molecule has 3 aliphatic rings. The van der Waals surface area contributed by atoms with Gasteiger partial charge in [-0.1, -0.05) is 18.0 Å². The van der Waals surface area contributed by atoms with Gasteiger partial charge in [0.25, 0.3) is 0 Å². The Morgan fingerprint density at radius 2 is 1.94 bits per heavy atom. The summed E-state index contributed by atoms with van der Waals surface area (Å²) in [6.45, 7) is 3.48. The lowest BCUT2D eigenvalue weighted by molar-refractivity contribution is -0.122. The van der Waals surface area contributed by atoms with Crippen LogP contribution < -0.4 is 15.4 Å². The normalized spacial score (nSPS) is 19.9. The molecule has 9 nitrogen and oxygen atoms in total. The topological polar surface area (TPSA) is 107 Å². The molecule has 35 heavy (non-hydrogen) atoms. The van der Waals surface area contributed by atoms with Gasteiger partial charge in [0.1, 0.15) is 23.3 Å². The third-order valence-corrected chi connectivity index (χ3v) is 8.40. The predicted octanol–water partition coefficient (Wildman–Crippen LogP) is 4.53. The Bertz CT molecular complexity index is 1180. The first-order valence-electron chi connectivity index (χ1n) is 11.7. The molecule has 5 rings (SSSR count). The van der Waals surface area contributed by atoms with Crippen LogP contribution in [-0.2, 0) is 4.79 Å². The van der Waals surface area contributed by atoms with Crippen molar-refractivity contribution >= 4 is 61.8 Å². The highest BCUT2D eigenvalue weighted by Gasteiger charge is 2.46. The van der Waals surface area contributed by atoms with Crippen LogP contribution in [0.3, 0.4) is 0 Å². The Hall–Kier alpha value is -2.37. The van der Waals surface area contributed by atoms with Gasteiger partial charge >= 0.3 is 6.09 Å². The quantitative estimate of drug-likeness (QED) is 0.464. The summed E-state index contributed by atoms with van der Waals surface area (Å²) in [4.78, 5) is 32.7. The third-order valence-electron chi connectivity index (χ3n) is 7.10. The second-order valence-electron chi connectivity index (χ2n) is 9.23. The highest BCUT2D eigenvalue weighted by Crippen LogP contribution is 2.46. The van der Waals surface area contributed by atoms with E-state index >= 15 is 4.39 Å². The fourth-order valence-corrected chi connectivity index (χ4v) is 5.54. The van der Waals surface area contributed by atoms with Gasteiger partial charge in [-0.05, 0) is 60.8 Å². The number of hydrogen-bond acceptors (Lipinski definition) is 6. The van der Waals surface area contributed by atoms with E-state index in [0.717, 1.165) is 25.9 Å². The maximum absolute atomic E-state index is 15.2. The zero-order valence-electron chi connectivity index (χ0n) is 19.0. The summed E-state index contributed by atoms with van der Waals surface area (Å²) < 4.78 is 21.3. The zero-order chi connectivity index (χ0) is 24.7. The van der Waals surface area contributed by atoms with Gasteiger partial charge in [-0.15, -0.1) is 0 Å². The molecule has 3 aliphatic heterocycles. The van der Waals surface area contributed by atoms with Gasteiger partial charge in [0.15, 0.2) is 5.82 Å². The smallest absolute Gasteiger partial charge is 0.407 e. The summed E-state index contributed by atoms with van der Waals surface area (Å²) in [7, 11) is 0. The Kier molecular flexibility index (Phi) is 6.67. The van der Waals surface area contributed by atoms with Crippen molar-refractivity contribution in [2.45, 2.75) is 37.6 Å². The Morgan fingerprint density at radius 3 is 2.63 bits per heavy atom. The number of carbonyl (C=O) groups excluding carboxylic acids is 1. The number of fused-ring (bicyclic) bond motifs is 3. The van der Waals surface area contributed by atoms with Crippen LogP contribution in [0.25, 0.3) is 10.9 Å². The summed E-state index contributed by atoms with van der Waals surface area (Å²) in [6.07, 6.45) is 3.07. The molecule has 0 saturated carbocycles. The van der Waals surface area contributed by atoms with E-state index in [1.54, 1.807) is 6.07 Å². The molecular formula is C23H26BrClFN5O4. The molecule has 1 aromatic heterocycles. The number of pyridine rings is 1. The number of rotatable bonds is 4. The first kappa shape index (κ1) is 24.3. The number of ether oxygens (including phenoxy) is 1. The molecule has 0 aliphatic carbocycles. The Morgan fingerprint density at radius 1 is 1.23 bits per heavy atom. The minimum Gasteiger partial charge on any atom is -0.475 e. The molecule has 0 radical (unpaired) electrons. The van der Waals surface area contributed by atoms with Crippen LogP contribution in [0.1, 0.15) is 32.1 Å². The molecule has 188 valence electrons. The van der Waals surface area contributed by atoms with Crippen molar-refractivity contribution in [3.05, 3.63) is 21.4 Å².